The summed E-state index contributed by atoms with van der Waals surface area (Å²) in [5.41, 5.74) is 2.14. The minimum atomic E-state index is -0.596. The van der Waals surface area contributed by atoms with Gasteiger partial charge in [-0.15, -0.1) is 5.10 Å². The number of para-hydroxylation sites is 1. The van der Waals surface area contributed by atoms with Crippen LogP contribution in [0, 0.1) is 0 Å². The number of aromatic nitrogens is 6. The van der Waals surface area contributed by atoms with Crippen molar-refractivity contribution < 1.29 is 9.53 Å². The van der Waals surface area contributed by atoms with Crippen molar-refractivity contribution in [3.8, 4) is 11.4 Å². The molecule has 4 aromatic rings. The first kappa shape index (κ1) is 18.4. The van der Waals surface area contributed by atoms with Gasteiger partial charge >= 0.3 is 5.97 Å². The van der Waals surface area contributed by atoms with Gasteiger partial charge in [0.25, 0.3) is 0 Å². The molecule has 28 heavy (non-hydrogen) atoms. The first-order chi connectivity index (χ1) is 13.5. The number of aryl methyl sites for hydroxylation is 1. The Balaban J connectivity index is 1.90. The molecule has 0 saturated carbocycles. The maximum atomic E-state index is 12.1. The number of esters is 1. The standard InChI is InChI=1S/C18H18BrN7O2/c1-4-28-17(27)10(2)21-18-22-14-12(6-5-7-13(14)19)16-23-15(24-26(16)18)11-8-20-25(3)9-11/h5-10H,4H2,1-3H3,(H,21,22). The number of ether oxygens (including phenoxy) is 1. The van der Waals surface area contributed by atoms with Crippen LogP contribution in [0.5, 0.6) is 0 Å². The molecule has 3 aromatic heterocycles. The van der Waals surface area contributed by atoms with Gasteiger partial charge in [0.15, 0.2) is 11.5 Å². The zero-order valence-electron chi connectivity index (χ0n) is 15.5. The second kappa shape index (κ2) is 7.19. The molecule has 9 nitrogen and oxygen atoms in total. The maximum Gasteiger partial charge on any atom is 0.328 e. The number of carbonyl (C=O) groups is 1. The summed E-state index contributed by atoms with van der Waals surface area (Å²) in [5, 5.41) is 12.7. The van der Waals surface area contributed by atoms with Crippen molar-refractivity contribution in [2.24, 2.45) is 7.05 Å². The molecule has 1 aromatic carbocycles. The third-order valence-corrected chi connectivity index (χ3v) is 4.84. The van der Waals surface area contributed by atoms with E-state index in [0.717, 1.165) is 20.9 Å². The Labute approximate surface area is 168 Å². The van der Waals surface area contributed by atoms with E-state index in [1.165, 1.54) is 0 Å². The molecule has 0 fully saturated rings. The lowest BCUT2D eigenvalue weighted by Crippen LogP contribution is -2.29. The Morgan fingerprint density at radius 3 is 2.89 bits per heavy atom. The fourth-order valence-corrected chi connectivity index (χ4v) is 3.32. The van der Waals surface area contributed by atoms with Gasteiger partial charge in [0.05, 0.1) is 23.9 Å². The predicted molar refractivity (Wildman–Crippen MR) is 108 cm³/mol. The van der Waals surface area contributed by atoms with Crippen LogP contribution in [-0.2, 0) is 16.6 Å². The summed E-state index contributed by atoms with van der Waals surface area (Å²) < 4.78 is 9.20. The van der Waals surface area contributed by atoms with E-state index in [4.69, 9.17) is 9.72 Å². The molecule has 0 saturated heterocycles. The highest BCUT2D eigenvalue weighted by Crippen LogP contribution is 2.28. The van der Waals surface area contributed by atoms with Crippen molar-refractivity contribution in [1.82, 2.24) is 29.4 Å². The van der Waals surface area contributed by atoms with E-state index < -0.39 is 6.04 Å². The molecule has 0 bridgehead atoms. The SMILES string of the molecule is CCOC(=O)C(C)Nc1nc2c(Br)cccc2c2nc(-c3cnn(C)c3)nn12. The van der Waals surface area contributed by atoms with E-state index in [2.05, 4.69) is 36.4 Å². The number of nitrogens with zero attached hydrogens (tertiary/aromatic N) is 6. The number of halogens is 1. The van der Waals surface area contributed by atoms with Crippen LogP contribution in [0.2, 0.25) is 0 Å². The molecular formula is C18H18BrN7O2. The van der Waals surface area contributed by atoms with E-state index in [0.29, 0.717) is 24.0 Å². The molecule has 144 valence electrons. The molecule has 1 N–H and O–H groups in total. The monoisotopic (exact) mass is 443 g/mol. The van der Waals surface area contributed by atoms with Crippen LogP contribution in [0.3, 0.4) is 0 Å². The summed E-state index contributed by atoms with van der Waals surface area (Å²) in [4.78, 5) is 21.4. The number of carbonyl (C=O) groups excluding carboxylic acids is 1. The minimum Gasteiger partial charge on any atom is -0.464 e. The summed E-state index contributed by atoms with van der Waals surface area (Å²) >= 11 is 3.54. The summed E-state index contributed by atoms with van der Waals surface area (Å²) in [7, 11) is 1.83. The van der Waals surface area contributed by atoms with Crippen LogP contribution in [0.1, 0.15) is 13.8 Å². The lowest BCUT2D eigenvalue weighted by atomic mass is 10.2. The topological polar surface area (TPSA) is 99.2 Å². The second-order valence-electron chi connectivity index (χ2n) is 6.26. The van der Waals surface area contributed by atoms with Crippen molar-refractivity contribution in [1.29, 1.82) is 0 Å². The van der Waals surface area contributed by atoms with Crippen LogP contribution >= 0.6 is 15.9 Å². The highest BCUT2D eigenvalue weighted by molar-refractivity contribution is 9.10. The van der Waals surface area contributed by atoms with Gasteiger partial charge in [-0.1, -0.05) is 6.07 Å². The number of nitrogens with one attached hydrogen (secondary N) is 1. The smallest absolute Gasteiger partial charge is 0.328 e. The van der Waals surface area contributed by atoms with E-state index in [-0.39, 0.29) is 5.97 Å². The van der Waals surface area contributed by atoms with Crippen LogP contribution < -0.4 is 5.32 Å². The van der Waals surface area contributed by atoms with Crippen LogP contribution in [-0.4, -0.2) is 48.0 Å². The van der Waals surface area contributed by atoms with Crippen molar-refractivity contribution in [2.45, 2.75) is 19.9 Å². The Morgan fingerprint density at radius 2 is 2.18 bits per heavy atom. The summed E-state index contributed by atoms with van der Waals surface area (Å²) in [6, 6.07) is 5.16. The molecule has 0 aliphatic heterocycles. The van der Waals surface area contributed by atoms with Gasteiger partial charge in [0.1, 0.15) is 6.04 Å². The number of hydrogen-bond donors (Lipinski definition) is 1. The molecule has 1 atom stereocenters. The summed E-state index contributed by atoms with van der Waals surface area (Å²) in [6.45, 7) is 3.80. The molecule has 1 unspecified atom stereocenters. The Bertz CT molecular complexity index is 1180. The highest BCUT2D eigenvalue weighted by atomic mass is 79.9. The van der Waals surface area contributed by atoms with Crippen molar-refractivity contribution in [3.05, 3.63) is 35.1 Å². The fourth-order valence-electron chi connectivity index (χ4n) is 2.87. The average Bonchev–Trinajstić information content (AvgIpc) is 3.29. The summed E-state index contributed by atoms with van der Waals surface area (Å²) in [5.74, 6) is 0.559. The number of benzene rings is 1. The molecule has 3 heterocycles. The fraction of sp³-hybridized carbons (Fsp3) is 0.278. The van der Waals surface area contributed by atoms with Gasteiger partial charge in [0.2, 0.25) is 5.95 Å². The zero-order chi connectivity index (χ0) is 19.8. The Morgan fingerprint density at radius 1 is 1.36 bits per heavy atom. The van der Waals surface area contributed by atoms with E-state index in [1.807, 2.05) is 31.4 Å². The molecular weight excluding hydrogens is 426 g/mol. The van der Waals surface area contributed by atoms with Gasteiger partial charge < -0.3 is 10.1 Å². The molecule has 0 aliphatic carbocycles. The number of rotatable bonds is 5. The van der Waals surface area contributed by atoms with Crippen molar-refractivity contribution in [3.63, 3.8) is 0 Å². The molecule has 10 heteroatoms. The first-order valence-corrected chi connectivity index (χ1v) is 9.54. The normalized spacial score (nSPS) is 12.4. The number of fused-ring (bicyclic) bond motifs is 3. The van der Waals surface area contributed by atoms with Crippen molar-refractivity contribution in [2.75, 3.05) is 11.9 Å². The third-order valence-electron chi connectivity index (χ3n) is 4.20. The molecule has 0 aliphatic rings. The van der Waals surface area contributed by atoms with Gasteiger partial charge in [-0.25, -0.2) is 14.8 Å². The number of anilines is 1. The van der Waals surface area contributed by atoms with E-state index in [1.54, 1.807) is 29.2 Å². The quantitative estimate of drug-likeness (QED) is 0.473. The van der Waals surface area contributed by atoms with Gasteiger partial charge in [-0.3, -0.25) is 4.68 Å². The molecule has 0 spiro atoms. The zero-order valence-corrected chi connectivity index (χ0v) is 17.1. The minimum absolute atomic E-state index is 0.311. The maximum absolute atomic E-state index is 12.1. The Hall–Kier alpha value is -3.01. The van der Waals surface area contributed by atoms with E-state index in [9.17, 15) is 4.79 Å². The Kier molecular flexibility index (Phi) is 4.71. The van der Waals surface area contributed by atoms with Crippen LogP contribution in [0.25, 0.3) is 27.9 Å². The van der Waals surface area contributed by atoms with Gasteiger partial charge in [-0.2, -0.15) is 9.61 Å². The van der Waals surface area contributed by atoms with E-state index >= 15 is 0 Å². The highest BCUT2D eigenvalue weighted by Gasteiger charge is 2.20. The lowest BCUT2D eigenvalue weighted by Gasteiger charge is -2.14. The predicted octanol–water partition coefficient (Wildman–Crippen LogP) is 2.80. The van der Waals surface area contributed by atoms with Crippen molar-refractivity contribution >= 4 is 44.4 Å². The van der Waals surface area contributed by atoms with Gasteiger partial charge in [0, 0.05) is 23.1 Å². The number of hydrogen-bond acceptors (Lipinski definition) is 7. The van der Waals surface area contributed by atoms with Crippen LogP contribution in [0.4, 0.5) is 5.95 Å². The largest absolute Gasteiger partial charge is 0.464 e. The van der Waals surface area contributed by atoms with Crippen LogP contribution in [0.15, 0.2) is 35.1 Å². The molecule has 0 amide bonds. The molecule has 4 rings (SSSR count). The second-order valence-corrected chi connectivity index (χ2v) is 7.12. The first-order valence-electron chi connectivity index (χ1n) is 8.75. The molecule has 0 radical (unpaired) electrons. The third kappa shape index (κ3) is 3.19. The summed E-state index contributed by atoms with van der Waals surface area (Å²) in [6.07, 6.45) is 3.54. The lowest BCUT2D eigenvalue weighted by molar-refractivity contribution is -0.143. The average molecular weight is 444 g/mol. The van der Waals surface area contributed by atoms with Gasteiger partial charge in [-0.05, 0) is 41.9 Å².